The predicted octanol–water partition coefficient (Wildman–Crippen LogP) is 5.30. The van der Waals surface area contributed by atoms with Crippen LogP contribution in [0.25, 0.3) is 0 Å². The van der Waals surface area contributed by atoms with Gasteiger partial charge < -0.3 is 10.2 Å². The Hall–Kier alpha value is -2.16. The Labute approximate surface area is 188 Å². The quantitative estimate of drug-likeness (QED) is 0.511. The van der Waals surface area contributed by atoms with Crippen molar-refractivity contribution in [2.75, 3.05) is 18.4 Å². The minimum absolute atomic E-state index is 0.00310. The van der Waals surface area contributed by atoms with Crippen molar-refractivity contribution in [2.45, 2.75) is 30.4 Å². The summed E-state index contributed by atoms with van der Waals surface area (Å²) in [6.07, 6.45) is 1.35. The summed E-state index contributed by atoms with van der Waals surface area (Å²) in [5.41, 5.74) is 1.66. The maximum Gasteiger partial charge on any atom is 0.254 e. The van der Waals surface area contributed by atoms with Crippen LogP contribution in [0.3, 0.4) is 0 Å². The molecule has 3 heterocycles. The maximum atomic E-state index is 13.2. The van der Waals surface area contributed by atoms with Crippen LogP contribution in [-0.4, -0.2) is 34.8 Å². The highest BCUT2D eigenvalue weighted by Crippen LogP contribution is 2.30. The molecule has 0 radical (unpaired) electrons. The van der Waals surface area contributed by atoms with E-state index in [0.29, 0.717) is 31.1 Å². The Balaban J connectivity index is 1.34. The number of aromatic nitrogens is 1. The fourth-order valence-corrected chi connectivity index (χ4v) is 5.96. The maximum absolute atomic E-state index is 13.2. The third kappa shape index (κ3) is 5.11. The number of thiazole rings is 1. The molecule has 2 amide bonds. The summed E-state index contributed by atoms with van der Waals surface area (Å²) in [6, 6.07) is 12.0. The average Bonchev–Trinajstić information content (AvgIpc) is 3.44. The molecule has 0 spiro atoms. The number of aryl methyl sites for hydroxylation is 1. The number of rotatable bonds is 6. The van der Waals surface area contributed by atoms with E-state index in [1.165, 1.54) is 16.2 Å². The van der Waals surface area contributed by atoms with Gasteiger partial charge in [0.25, 0.3) is 5.91 Å². The van der Waals surface area contributed by atoms with E-state index in [1.807, 2.05) is 47.5 Å². The standard InChI is InChI=1S/C22H23N3O2S3/c1-15-13-30-22(23-15)24-20(26)16-8-10-25(11-9-16)21(27)18-6-2-3-7-19(18)29-14-17-5-4-12-28-17/h2-7,12-13,16H,8-11,14H2,1H3,(H,23,24,26). The molecule has 1 saturated heterocycles. The minimum atomic E-state index is -0.0818. The summed E-state index contributed by atoms with van der Waals surface area (Å²) in [6.45, 7) is 3.10. The van der Waals surface area contributed by atoms with Gasteiger partial charge in [0.15, 0.2) is 5.13 Å². The number of thiophene rings is 1. The van der Waals surface area contributed by atoms with Gasteiger partial charge in [-0.25, -0.2) is 4.98 Å². The van der Waals surface area contributed by atoms with Crippen LogP contribution in [0.5, 0.6) is 0 Å². The summed E-state index contributed by atoms with van der Waals surface area (Å²) < 4.78 is 0. The second-order valence-electron chi connectivity index (χ2n) is 7.21. The van der Waals surface area contributed by atoms with Gasteiger partial charge in [0.05, 0.1) is 11.3 Å². The van der Waals surface area contributed by atoms with E-state index in [9.17, 15) is 9.59 Å². The van der Waals surface area contributed by atoms with Crippen LogP contribution in [0, 0.1) is 12.8 Å². The molecule has 0 saturated carbocycles. The highest BCUT2D eigenvalue weighted by Gasteiger charge is 2.29. The summed E-state index contributed by atoms with van der Waals surface area (Å²) in [4.78, 5) is 34.2. The average molecular weight is 458 g/mol. The molecule has 0 bridgehead atoms. The largest absolute Gasteiger partial charge is 0.339 e. The van der Waals surface area contributed by atoms with E-state index in [-0.39, 0.29) is 17.7 Å². The van der Waals surface area contributed by atoms with E-state index < -0.39 is 0 Å². The zero-order valence-corrected chi connectivity index (χ0v) is 19.1. The molecule has 1 aliphatic rings. The zero-order chi connectivity index (χ0) is 20.9. The summed E-state index contributed by atoms with van der Waals surface area (Å²) in [7, 11) is 0. The van der Waals surface area contributed by atoms with Gasteiger partial charge in [0.1, 0.15) is 0 Å². The first-order valence-corrected chi connectivity index (χ1v) is 12.6. The SMILES string of the molecule is Cc1csc(NC(=O)C2CCN(C(=O)c3ccccc3SCc3cccs3)CC2)n1. The summed E-state index contributed by atoms with van der Waals surface area (Å²) in [5, 5.41) is 7.55. The molecule has 3 aromatic rings. The van der Waals surface area contributed by atoms with Gasteiger partial charge in [-0.3, -0.25) is 9.59 Å². The molecular weight excluding hydrogens is 434 g/mol. The molecule has 0 atom stereocenters. The third-order valence-corrected chi connectivity index (χ3v) is 8.13. The van der Waals surface area contributed by atoms with Gasteiger partial charge in [-0.2, -0.15) is 0 Å². The van der Waals surface area contributed by atoms with Crippen molar-refractivity contribution >= 4 is 51.4 Å². The second kappa shape index (κ2) is 9.76. The van der Waals surface area contributed by atoms with Crippen LogP contribution in [0.4, 0.5) is 5.13 Å². The Morgan fingerprint density at radius 3 is 2.67 bits per heavy atom. The number of hydrogen-bond acceptors (Lipinski definition) is 6. The lowest BCUT2D eigenvalue weighted by molar-refractivity contribution is -0.121. The number of carbonyl (C=O) groups is 2. The van der Waals surface area contributed by atoms with Crippen LogP contribution in [0.1, 0.15) is 33.8 Å². The number of thioether (sulfide) groups is 1. The van der Waals surface area contributed by atoms with Crippen molar-refractivity contribution in [1.29, 1.82) is 0 Å². The lowest BCUT2D eigenvalue weighted by Crippen LogP contribution is -2.41. The normalized spacial score (nSPS) is 14.6. The fourth-order valence-electron chi connectivity index (χ4n) is 3.45. The van der Waals surface area contributed by atoms with E-state index in [0.717, 1.165) is 21.9 Å². The highest BCUT2D eigenvalue weighted by molar-refractivity contribution is 7.98. The van der Waals surface area contributed by atoms with Crippen LogP contribution in [0.2, 0.25) is 0 Å². The molecule has 0 unspecified atom stereocenters. The van der Waals surface area contributed by atoms with Crippen molar-refractivity contribution in [3.05, 3.63) is 63.3 Å². The molecule has 1 aromatic carbocycles. The van der Waals surface area contributed by atoms with E-state index in [4.69, 9.17) is 0 Å². The molecule has 5 nitrogen and oxygen atoms in total. The number of benzene rings is 1. The lowest BCUT2D eigenvalue weighted by Gasteiger charge is -2.31. The molecule has 30 heavy (non-hydrogen) atoms. The van der Waals surface area contributed by atoms with Crippen LogP contribution >= 0.6 is 34.4 Å². The van der Waals surface area contributed by atoms with Gasteiger partial charge in [-0.1, -0.05) is 18.2 Å². The number of likely N-dealkylation sites (tertiary alicyclic amines) is 1. The zero-order valence-electron chi connectivity index (χ0n) is 16.7. The van der Waals surface area contributed by atoms with Gasteiger partial charge in [-0.05, 0) is 43.3 Å². The Kier molecular flexibility index (Phi) is 6.86. The number of hydrogen-bond donors (Lipinski definition) is 1. The smallest absolute Gasteiger partial charge is 0.254 e. The number of nitrogens with one attached hydrogen (secondary N) is 1. The predicted molar refractivity (Wildman–Crippen MR) is 124 cm³/mol. The third-order valence-electron chi connectivity index (χ3n) is 5.07. The number of carbonyl (C=O) groups excluding carboxylic acids is 2. The Morgan fingerprint density at radius 1 is 1.17 bits per heavy atom. The lowest BCUT2D eigenvalue weighted by atomic mass is 9.95. The van der Waals surface area contributed by atoms with E-state index in [2.05, 4.69) is 21.7 Å². The summed E-state index contributed by atoms with van der Waals surface area (Å²) >= 11 is 4.87. The topological polar surface area (TPSA) is 62.3 Å². The molecule has 4 rings (SSSR count). The van der Waals surface area contributed by atoms with Gasteiger partial charge in [0, 0.05) is 39.9 Å². The molecule has 0 aliphatic carbocycles. The van der Waals surface area contributed by atoms with Crippen LogP contribution in [0.15, 0.2) is 52.1 Å². The molecule has 2 aromatic heterocycles. The fraction of sp³-hybridized carbons (Fsp3) is 0.318. The number of nitrogens with zero attached hydrogens (tertiary/aromatic N) is 2. The molecule has 156 valence electrons. The molecular formula is C22H23N3O2S3. The molecule has 8 heteroatoms. The Morgan fingerprint density at radius 2 is 1.97 bits per heavy atom. The summed E-state index contributed by atoms with van der Waals surface area (Å²) in [5.74, 6) is 0.837. The highest BCUT2D eigenvalue weighted by atomic mass is 32.2. The molecule has 1 fully saturated rings. The first kappa shape index (κ1) is 21.1. The first-order valence-electron chi connectivity index (χ1n) is 9.86. The van der Waals surface area contributed by atoms with E-state index in [1.54, 1.807) is 23.1 Å². The number of piperidine rings is 1. The van der Waals surface area contributed by atoms with Crippen molar-refractivity contribution < 1.29 is 9.59 Å². The first-order chi connectivity index (χ1) is 14.6. The van der Waals surface area contributed by atoms with E-state index >= 15 is 0 Å². The van der Waals surface area contributed by atoms with Crippen molar-refractivity contribution in [3.8, 4) is 0 Å². The van der Waals surface area contributed by atoms with Gasteiger partial charge in [0.2, 0.25) is 5.91 Å². The van der Waals surface area contributed by atoms with Crippen molar-refractivity contribution in [2.24, 2.45) is 5.92 Å². The second-order valence-corrected chi connectivity index (χ2v) is 10.1. The molecule has 1 N–H and O–H groups in total. The van der Waals surface area contributed by atoms with Gasteiger partial charge in [-0.15, -0.1) is 34.4 Å². The van der Waals surface area contributed by atoms with Crippen LogP contribution in [-0.2, 0) is 10.5 Å². The minimum Gasteiger partial charge on any atom is -0.339 e. The van der Waals surface area contributed by atoms with Gasteiger partial charge >= 0.3 is 0 Å². The van der Waals surface area contributed by atoms with Crippen molar-refractivity contribution in [3.63, 3.8) is 0 Å². The van der Waals surface area contributed by atoms with Crippen LogP contribution < -0.4 is 5.32 Å². The molecule has 1 aliphatic heterocycles. The monoisotopic (exact) mass is 457 g/mol. The number of amides is 2. The Bertz CT molecular complexity index is 1010. The van der Waals surface area contributed by atoms with Crippen molar-refractivity contribution in [1.82, 2.24) is 9.88 Å². The number of anilines is 1.